The van der Waals surface area contributed by atoms with E-state index in [1.807, 2.05) is 30.0 Å². The van der Waals surface area contributed by atoms with Gasteiger partial charge in [-0.25, -0.2) is 8.78 Å². The second-order valence-corrected chi connectivity index (χ2v) is 8.27. The molecule has 1 N–H and O–H groups in total. The van der Waals surface area contributed by atoms with Crippen molar-refractivity contribution in [3.05, 3.63) is 64.4 Å². The van der Waals surface area contributed by atoms with E-state index in [0.29, 0.717) is 23.2 Å². The first-order valence-electron chi connectivity index (χ1n) is 9.78. The average molecular weight is 396 g/mol. The van der Waals surface area contributed by atoms with Crippen molar-refractivity contribution >= 4 is 16.8 Å². The molecule has 1 unspecified atom stereocenters. The van der Waals surface area contributed by atoms with Crippen LogP contribution in [0.4, 0.5) is 8.78 Å². The number of nitrogens with one attached hydrogen (secondary N) is 1. The van der Waals surface area contributed by atoms with Gasteiger partial charge in [-0.1, -0.05) is 12.1 Å². The molecular weight excluding hydrogens is 374 g/mol. The lowest BCUT2D eigenvalue weighted by molar-refractivity contribution is -0.131. The molecule has 0 bridgehead atoms. The summed E-state index contributed by atoms with van der Waals surface area (Å²) in [7, 11) is 1.60. The quantitative estimate of drug-likeness (QED) is 0.680. The number of amides is 1. The van der Waals surface area contributed by atoms with Crippen LogP contribution in [0.2, 0.25) is 0 Å². The van der Waals surface area contributed by atoms with Crippen LogP contribution in [-0.4, -0.2) is 29.4 Å². The first-order chi connectivity index (χ1) is 13.9. The van der Waals surface area contributed by atoms with Crippen LogP contribution < -0.4 is 4.74 Å². The number of carbonyl (C=O) groups is 1. The van der Waals surface area contributed by atoms with Crippen molar-refractivity contribution in [2.75, 3.05) is 13.7 Å². The van der Waals surface area contributed by atoms with Crippen LogP contribution in [-0.2, 0) is 10.2 Å². The summed E-state index contributed by atoms with van der Waals surface area (Å²) < 4.78 is 34.6. The van der Waals surface area contributed by atoms with Crippen molar-refractivity contribution in [2.45, 2.75) is 38.1 Å². The van der Waals surface area contributed by atoms with E-state index < -0.39 is 17.7 Å². The molecule has 4 nitrogen and oxygen atoms in total. The Labute approximate surface area is 167 Å². The number of aryl methyl sites for hydroxylation is 1. The molecule has 1 atom stereocenters. The van der Waals surface area contributed by atoms with Gasteiger partial charge in [0.25, 0.3) is 0 Å². The lowest BCUT2D eigenvalue weighted by Crippen LogP contribution is -2.44. The van der Waals surface area contributed by atoms with Crippen LogP contribution in [0.1, 0.15) is 48.2 Å². The molecule has 1 aromatic heterocycles. The van der Waals surface area contributed by atoms with Gasteiger partial charge in [-0.05, 0) is 49.1 Å². The molecule has 1 amide bonds. The predicted octanol–water partition coefficient (Wildman–Crippen LogP) is 4.75. The summed E-state index contributed by atoms with van der Waals surface area (Å²) >= 11 is 0. The third-order valence-corrected chi connectivity index (χ3v) is 6.41. The van der Waals surface area contributed by atoms with E-state index in [2.05, 4.69) is 4.98 Å². The van der Waals surface area contributed by atoms with E-state index in [9.17, 15) is 13.6 Å². The van der Waals surface area contributed by atoms with Crippen LogP contribution in [0.15, 0.2) is 30.3 Å². The zero-order valence-electron chi connectivity index (χ0n) is 16.6. The highest BCUT2D eigenvalue weighted by atomic mass is 19.2. The summed E-state index contributed by atoms with van der Waals surface area (Å²) in [6.07, 6.45) is 1.70. The number of nitrogens with zero attached hydrogens (tertiary/aromatic N) is 1. The van der Waals surface area contributed by atoms with Crippen LogP contribution in [0.3, 0.4) is 0 Å². The van der Waals surface area contributed by atoms with Crippen molar-refractivity contribution in [2.24, 2.45) is 0 Å². The number of ether oxygens (including phenoxy) is 1. The maximum atomic E-state index is 14.9. The largest absolute Gasteiger partial charge is 0.496 e. The summed E-state index contributed by atoms with van der Waals surface area (Å²) in [5.41, 5.74) is 3.68. The Kier molecular flexibility index (Phi) is 3.79. The molecule has 0 radical (unpaired) electrons. The van der Waals surface area contributed by atoms with Crippen molar-refractivity contribution in [3.8, 4) is 5.75 Å². The fourth-order valence-electron chi connectivity index (χ4n) is 4.87. The second-order valence-electron chi connectivity index (χ2n) is 8.27. The number of H-pyrrole nitrogens is 1. The highest BCUT2D eigenvalue weighted by Crippen LogP contribution is 2.58. The zero-order chi connectivity index (χ0) is 20.5. The van der Waals surface area contributed by atoms with Crippen LogP contribution in [0, 0.1) is 18.6 Å². The summed E-state index contributed by atoms with van der Waals surface area (Å²) in [6.45, 7) is 4.01. The second kappa shape index (κ2) is 6.05. The van der Waals surface area contributed by atoms with E-state index in [4.69, 9.17) is 4.74 Å². The maximum Gasteiger partial charge on any atom is 0.220 e. The van der Waals surface area contributed by atoms with Gasteiger partial charge in [-0.2, -0.15) is 0 Å². The molecule has 1 aliphatic heterocycles. The molecule has 1 saturated carbocycles. The molecule has 2 aliphatic rings. The van der Waals surface area contributed by atoms with Gasteiger partial charge >= 0.3 is 0 Å². The number of hydrogen-bond acceptors (Lipinski definition) is 2. The molecule has 1 spiro atoms. The van der Waals surface area contributed by atoms with Gasteiger partial charge in [0.15, 0.2) is 11.6 Å². The van der Waals surface area contributed by atoms with E-state index in [1.165, 1.54) is 0 Å². The molecule has 150 valence electrons. The van der Waals surface area contributed by atoms with Gasteiger partial charge in [0.05, 0.1) is 7.11 Å². The highest BCUT2D eigenvalue weighted by Gasteiger charge is 2.55. The Hall–Kier alpha value is -2.89. The molecular formula is C23H22F2N2O2. The minimum Gasteiger partial charge on any atom is -0.496 e. The summed E-state index contributed by atoms with van der Waals surface area (Å²) in [4.78, 5) is 17.8. The Balaban J connectivity index is 1.84. The lowest BCUT2D eigenvalue weighted by Gasteiger charge is -2.40. The maximum absolute atomic E-state index is 14.9. The number of hydrogen-bond donors (Lipinski definition) is 1. The zero-order valence-corrected chi connectivity index (χ0v) is 16.6. The number of rotatable bonds is 2. The number of carbonyl (C=O) groups excluding carboxylic acids is 1. The van der Waals surface area contributed by atoms with Crippen molar-refractivity contribution in [1.29, 1.82) is 0 Å². The van der Waals surface area contributed by atoms with Crippen molar-refractivity contribution < 1.29 is 18.3 Å². The van der Waals surface area contributed by atoms with E-state index >= 15 is 0 Å². The fraction of sp³-hybridized carbons (Fsp3) is 0.348. The molecule has 5 rings (SSSR count). The standard InChI is InChI=1S/C23H22F2N2O2/c1-12-4-5-14(17(10-12)29-3)22-21-19(23(8-9-23)11-27(22)13(2)28)18-16(26-21)7-6-15(24)20(18)25/h4-7,10,22,26H,8-9,11H2,1-3H3. The monoisotopic (exact) mass is 396 g/mol. The normalized spacial score (nSPS) is 19.5. The molecule has 2 heterocycles. The summed E-state index contributed by atoms with van der Waals surface area (Å²) in [6, 6.07) is 8.12. The molecule has 0 saturated heterocycles. The van der Waals surface area contributed by atoms with Crippen molar-refractivity contribution in [3.63, 3.8) is 0 Å². The van der Waals surface area contributed by atoms with E-state index in [-0.39, 0.29) is 11.3 Å². The summed E-state index contributed by atoms with van der Waals surface area (Å²) in [5.74, 6) is -1.06. The Morgan fingerprint density at radius 1 is 1.24 bits per heavy atom. The molecule has 3 aromatic rings. The van der Waals surface area contributed by atoms with E-state index in [0.717, 1.165) is 41.3 Å². The van der Waals surface area contributed by atoms with Gasteiger partial charge < -0.3 is 14.6 Å². The van der Waals surface area contributed by atoms with Gasteiger partial charge in [0, 0.05) is 41.0 Å². The van der Waals surface area contributed by atoms with Gasteiger partial charge in [0.2, 0.25) is 5.91 Å². The Morgan fingerprint density at radius 3 is 2.66 bits per heavy atom. The average Bonchev–Trinajstić information content (AvgIpc) is 3.34. The number of aromatic amines is 1. The number of benzene rings is 2. The third kappa shape index (κ3) is 2.51. The van der Waals surface area contributed by atoms with Crippen LogP contribution >= 0.6 is 0 Å². The number of halogens is 2. The molecule has 1 aliphatic carbocycles. The minimum absolute atomic E-state index is 0.0557. The van der Waals surface area contributed by atoms with Crippen LogP contribution in [0.25, 0.3) is 10.9 Å². The first kappa shape index (κ1) is 18.2. The Morgan fingerprint density at radius 2 is 2.00 bits per heavy atom. The molecule has 6 heteroatoms. The van der Waals surface area contributed by atoms with Gasteiger partial charge in [-0.15, -0.1) is 0 Å². The highest BCUT2D eigenvalue weighted by molar-refractivity contribution is 5.89. The Bertz CT molecular complexity index is 1160. The smallest absolute Gasteiger partial charge is 0.220 e. The first-order valence-corrected chi connectivity index (χ1v) is 9.78. The minimum atomic E-state index is -0.853. The van der Waals surface area contributed by atoms with Crippen LogP contribution in [0.5, 0.6) is 5.75 Å². The molecule has 29 heavy (non-hydrogen) atoms. The topological polar surface area (TPSA) is 45.3 Å². The molecule has 2 aromatic carbocycles. The van der Waals surface area contributed by atoms with Gasteiger partial charge in [0.1, 0.15) is 11.8 Å². The SMILES string of the molecule is COc1cc(C)ccc1C1c2[nH]c3ccc(F)c(F)c3c2C2(CC2)CN1C(C)=O. The number of fused-ring (bicyclic) bond motifs is 4. The fourth-order valence-corrected chi connectivity index (χ4v) is 4.87. The summed E-state index contributed by atoms with van der Waals surface area (Å²) in [5, 5.41) is 0.316. The number of aromatic nitrogens is 1. The van der Waals surface area contributed by atoms with Gasteiger partial charge in [-0.3, -0.25) is 4.79 Å². The van der Waals surface area contributed by atoms with Crippen molar-refractivity contribution in [1.82, 2.24) is 9.88 Å². The molecule has 1 fully saturated rings. The van der Waals surface area contributed by atoms with E-state index in [1.54, 1.807) is 20.1 Å². The third-order valence-electron chi connectivity index (χ3n) is 6.41. The lowest BCUT2D eigenvalue weighted by atomic mass is 9.82. The number of methoxy groups -OCH3 is 1. The predicted molar refractivity (Wildman–Crippen MR) is 106 cm³/mol.